The van der Waals surface area contributed by atoms with E-state index in [1.165, 1.54) is 0 Å². The van der Waals surface area contributed by atoms with E-state index in [9.17, 15) is 0 Å². The van der Waals surface area contributed by atoms with E-state index < -0.39 is 0 Å². The molecule has 5 nitrogen and oxygen atoms in total. The second kappa shape index (κ2) is 6.65. The van der Waals surface area contributed by atoms with E-state index in [1.807, 2.05) is 42.6 Å². The van der Waals surface area contributed by atoms with Crippen molar-refractivity contribution >= 4 is 5.82 Å². The van der Waals surface area contributed by atoms with Crippen LogP contribution in [0, 0.1) is 0 Å². The lowest BCUT2D eigenvalue weighted by atomic mass is 10.2. The van der Waals surface area contributed by atoms with Crippen molar-refractivity contribution in [1.29, 1.82) is 0 Å². The topological polar surface area (TPSA) is 52.5 Å². The SMILES string of the molecule is OCCN1CCN(c2ccnc(-c3ccccc3)n2)CC1. The molecule has 21 heavy (non-hydrogen) atoms. The van der Waals surface area contributed by atoms with Gasteiger partial charge < -0.3 is 10.0 Å². The normalized spacial score (nSPS) is 16.1. The fourth-order valence-corrected chi connectivity index (χ4v) is 2.59. The Bertz CT molecular complexity index is 567. The molecule has 1 N–H and O–H groups in total. The highest BCUT2D eigenvalue weighted by Crippen LogP contribution is 2.19. The number of aliphatic hydroxyl groups is 1. The van der Waals surface area contributed by atoms with E-state index in [1.54, 1.807) is 0 Å². The Morgan fingerprint density at radius 1 is 1.00 bits per heavy atom. The van der Waals surface area contributed by atoms with Crippen LogP contribution in [0.1, 0.15) is 0 Å². The van der Waals surface area contributed by atoms with Gasteiger partial charge in [0.2, 0.25) is 0 Å². The zero-order valence-corrected chi connectivity index (χ0v) is 12.0. The summed E-state index contributed by atoms with van der Waals surface area (Å²) in [6.07, 6.45) is 1.82. The Labute approximate surface area is 124 Å². The van der Waals surface area contributed by atoms with Crippen molar-refractivity contribution in [2.75, 3.05) is 44.2 Å². The van der Waals surface area contributed by atoms with Gasteiger partial charge in [-0.2, -0.15) is 0 Å². The molecule has 0 saturated carbocycles. The minimum Gasteiger partial charge on any atom is -0.395 e. The van der Waals surface area contributed by atoms with Crippen molar-refractivity contribution < 1.29 is 5.11 Å². The Morgan fingerprint density at radius 3 is 2.48 bits per heavy atom. The van der Waals surface area contributed by atoms with Gasteiger partial charge in [0.05, 0.1) is 6.61 Å². The van der Waals surface area contributed by atoms with Crippen LogP contribution in [0.15, 0.2) is 42.6 Å². The zero-order chi connectivity index (χ0) is 14.5. The molecule has 0 bridgehead atoms. The van der Waals surface area contributed by atoms with Crippen LogP contribution in [0.25, 0.3) is 11.4 Å². The fraction of sp³-hybridized carbons (Fsp3) is 0.375. The summed E-state index contributed by atoms with van der Waals surface area (Å²) in [6.45, 7) is 4.78. The molecule has 1 aromatic carbocycles. The number of aliphatic hydroxyl groups excluding tert-OH is 1. The molecule has 1 aliphatic rings. The van der Waals surface area contributed by atoms with Gasteiger partial charge in [-0.3, -0.25) is 4.90 Å². The summed E-state index contributed by atoms with van der Waals surface area (Å²) in [5.74, 6) is 1.75. The Morgan fingerprint density at radius 2 is 1.76 bits per heavy atom. The van der Waals surface area contributed by atoms with Gasteiger partial charge in [0.15, 0.2) is 5.82 Å². The molecule has 0 amide bonds. The molecule has 3 rings (SSSR count). The fourth-order valence-electron chi connectivity index (χ4n) is 2.59. The van der Waals surface area contributed by atoms with Crippen molar-refractivity contribution in [3.63, 3.8) is 0 Å². The number of nitrogens with zero attached hydrogens (tertiary/aromatic N) is 4. The standard InChI is InChI=1S/C16H20N4O/c21-13-12-19-8-10-20(11-9-19)15-6-7-17-16(18-15)14-4-2-1-3-5-14/h1-7,21H,8-13H2. The van der Waals surface area contributed by atoms with Gasteiger partial charge in [0.1, 0.15) is 5.82 Å². The largest absolute Gasteiger partial charge is 0.395 e. The predicted octanol–water partition coefficient (Wildman–Crippen LogP) is 1.26. The molecule has 1 saturated heterocycles. The molecule has 110 valence electrons. The van der Waals surface area contributed by atoms with Gasteiger partial charge in [-0.05, 0) is 6.07 Å². The minimum atomic E-state index is 0.228. The quantitative estimate of drug-likeness (QED) is 0.916. The molecule has 1 aromatic heterocycles. The average molecular weight is 284 g/mol. The molecule has 0 radical (unpaired) electrons. The van der Waals surface area contributed by atoms with E-state index in [0.29, 0.717) is 0 Å². The third-order valence-electron chi connectivity index (χ3n) is 3.79. The maximum Gasteiger partial charge on any atom is 0.161 e. The maximum atomic E-state index is 8.99. The van der Waals surface area contributed by atoms with E-state index in [4.69, 9.17) is 5.11 Å². The number of benzene rings is 1. The molecular formula is C16H20N4O. The van der Waals surface area contributed by atoms with Gasteiger partial charge in [-0.15, -0.1) is 0 Å². The number of anilines is 1. The lowest BCUT2D eigenvalue weighted by Gasteiger charge is -2.35. The first-order valence-corrected chi connectivity index (χ1v) is 7.33. The van der Waals surface area contributed by atoms with Crippen LogP contribution in [0.4, 0.5) is 5.82 Å². The van der Waals surface area contributed by atoms with Crippen LogP contribution in [0.2, 0.25) is 0 Å². The average Bonchev–Trinajstić information content (AvgIpc) is 2.57. The van der Waals surface area contributed by atoms with Gasteiger partial charge in [0.25, 0.3) is 0 Å². The number of rotatable bonds is 4. The van der Waals surface area contributed by atoms with E-state index in [2.05, 4.69) is 19.8 Å². The van der Waals surface area contributed by atoms with Gasteiger partial charge >= 0.3 is 0 Å². The number of hydrogen-bond acceptors (Lipinski definition) is 5. The summed E-state index contributed by atoms with van der Waals surface area (Å²) < 4.78 is 0. The molecule has 0 unspecified atom stereocenters. The summed E-state index contributed by atoms with van der Waals surface area (Å²) in [7, 11) is 0. The predicted molar refractivity (Wildman–Crippen MR) is 83.2 cm³/mol. The van der Waals surface area contributed by atoms with Gasteiger partial charge in [-0.25, -0.2) is 9.97 Å². The maximum absolute atomic E-state index is 8.99. The van der Waals surface area contributed by atoms with E-state index >= 15 is 0 Å². The molecule has 5 heteroatoms. The Balaban J connectivity index is 1.72. The second-order valence-electron chi connectivity index (χ2n) is 5.16. The molecule has 1 aliphatic heterocycles. The first-order valence-electron chi connectivity index (χ1n) is 7.33. The summed E-state index contributed by atoms with van der Waals surface area (Å²) in [5, 5.41) is 8.99. The molecule has 0 spiro atoms. The molecule has 1 fully saturated rings. The first-order chi connectivity index (χ1) is 10.4. The van der Waals surface area contributed by atoms with Crippen molar-refractivity contribution in [2.24, 2.45) is 0 Å². The highest BCUT2D eigenvalue weighted by atomic mass is 16.3. The highest BCUT2D eigenvalue weighted by molar-refractivity contribution is 5.57. The van der Waals surface area contributed by atoms with Crippen LogP contribution in [0.5, 0.6) is 0 Å². The lowest BCUT2D eigenvalue weighted by molar-refractivity contribution is 0.188. The Kier molecular flexibility index (Phi) is 4.43. The summed E-state index contributed by atoms with van der Waals surface area (Å²) in [4.78, 5) is 13.6. The van der Waals surface area contributed by atoms with Crippen molar-refractivity contribution in [2.45, 2.75) is 0 Å². The smallest absolute Gasteiger partial charge is 0.161 e. The lowest BCUT2D eigenvalue weighted by Crippen LogP contribution is -2.47. The third kappa shape index (κ3) is 3.37. The van der Waals surface area contributed by atoms with Crippen LogP contribution in [-0.4, -0.2) is 59.3 Å². The first kappa shape index (κ1) is 14.0. The zero-order valence-electron chi connectivity index (χ0n) is 12.0. The second-order valence-corrected chi connectivity index (χ2v) is 5.16. The number of aromatic nitrogens is 2. The van der Waals surface area contributed by atoms with Crippen molar-refractivity contribution in [3.05, 3.63) is 42.6 Å². The monoisotopic (exact) mass is 284 g/mol. The van der Waals surface area contributed by atoms with Crippen LogP contribution in [-0.2, 0) is 0 Å². The third-order valence-corrected chi connectivity index (χ3v) is 3.79. The van der Waals surface area contributed by atoms with Crippen LogP contribution in [0.3, 0.4) is 0 Å². The molecule has 0 aliphatic carbocycles. The van der Waals surface area contributed by atoms with Crippen molar-refractivity contribution in [3.8, 4) is 11.4 Å². The Hall–Kier alpha value is -1.98. The number of hydrogen-bond donors (Lipinski definition) is 1. The molecule has 2 aromatic rings. The molecule has 0 atom stereocenters. The van der Waals surface area contributed by atoms with Gasteiger partial charge in [-0.1, -0.05) is 30.3 Å². The summed E-state index contributed by atoms with van der Waals surface area (Å²) in [6, 6.07) is 12.0. The van der Waals surface area contributed by atoms with Crippen molar-refractivity contribution in [1.82, 2.24) is 14.9 Å². The van der Waals surface area contributed by atoms with Crippen LogP contribution < -0.4 is 4.90 Å². The highest BCUT2D eigenvalue weighted by Gasteiger charge is 2.17. The van der Waals surface area contributed by atoms with E-state index in [-0.39, 0.29) is 6.61 Å². The molecular weight excluding hydrogens is 264 g/mol. The summed E-state index contributed by atoms with van der Waals surface area (Å²) >= 11 is 0. The molecule has 2 heterocycles. The van der Waals surface area contributed by atoms with E-state index in [0.717, 1.165) is 49.9 Å². The minimum absolute atomic E-state index is 0.228. The van der Waals surface area contributed by atoms with Gasteiger partial charge in [0, 0.05) is 44.5 Å². The number of β-amino-alcohol motifs (C(OH)–C–C–N with tert-alkyl or cyclic N) is 1. The number of piperazine rings is 1. The van der Waals surface area contributed by atoms with Crippen LogP contribution >= 0.6 is 0 Å². The summed E-state index contributed by atoms with van der Waals surface area (Å²) in [5.41, 5.74) is 1.04.